The third kappa shape index (κ3) is 5.65. The van der Waals surface area contributed by atoms with Gasteiger partial charge in [0.15, 0.2) is 0 Å². The Kier molecular flexibility index (Phi) is 6.98. The van der Waals surface area contributed by atoms with Crippen molar-refractivity contribution in [3.63, 3.8) is 0 Å². The molecule has 1 atom stereocenters. The minimum atomic E-state index is 0.0577. The zero-order valence-electron chi connectivity index (χ0n) is 10.7. The summed E-state index contributed by atoms with van der Waals surface area (Å²) in [5.74, 6) is 0.180. The van der Waals surface area contributed by atoms with Crippen molar-refractivity contribution in [2.75, 3.05) is 13.2 Å². The lowest BCUT2D eigenvalue weighted by Crippen LogP contribution is -2.29. The number of hydrogen-bond acceptors (Lipinski definition) is 2. The highest BCUT2D eigenvalue weighted by atomic mass is 79.9. The fourth-order valence-electron chi connectivity index (χ4n) is 1.58. The van der Waals surface area contributed by atoms with Gasteiger partial charge in [0.1, 0.15) is 0 Å². The van der Waals surface area contributed by atoms with Crippen LogP contribution in [0.4, 0.5) is 0 Å². The van der Waals surface area contributed by atoms with E-state index in [9.17, 15) is 4.79 Å². The van der Waals surface area contributed by atoms with Gasteiger partial charge in [-0.2, -0.15) is 0 Å². The Balaban J connectivity index is 2.22. The largest absolute Gasteiger partial charge is 0.396 e. The van der Waals surface area contributed by atoms with Crippen LogP contribution in [-0.4, -0.2) is 24.2 Å². The lowest BCUT2D eigenvalue weighted by Gasteiger charge is -2.09. The molecule has 0 aromatic heterocycles. The Labute approximate surface area is 117 Å². The van der Waals surface area contributed by atoms with E-state index in [1.54, 1.807) is 0 Å². The van der Waals surface area contributed by atoms with Crippen LogP contribution in [0.2, 0.25) is 0 Å². The fourth-order valence-corrected chi connectivity index (χ4v) is 2.06. The van der Waals surface area contributed by atoms with Gasteiger partial charge in [0, 0.05) is 24.0 Å². The first-order valence-corrected chi connectivity index (χ1v) is 7.03. The number of carbonyl (C=O) groups excluding carboxylic acids is 1. The molecule has 0 aliphatic rings. The summed E-state index contributed by atoms with van der Waals surface area (Å²) in [6.07, 6.45) is 2.26. The van der Waals surface area contributed by atoms with Crippen LogP contribution >= 0.6 is 15.9 Å². The molecule has 18 heavy (non-hydrogen) atoms. The standard InChI is InChI=1S/C14H20BrNO2/c1-11(10-17)9-16-14(18)8-4-6-12-5-2-3-7-13(12)15/h2-3,5,7,11,17H,4,6,8-10H2,1H3,(H,16,18). The quantitative estimate of drug-likeness (QED) is 0.812. The van der Waals surface area contributed by atoms with Crippen LogP contribution in [0.1, 0.15) is 25.3 Å². The molecule has 0 aliphatic carbocycles. The van der Waals surface area contributed by atoms with E-state index in [-0.39, 0.29) is 18.4 Å². The molecule has 0 aliphatic heterocycles. The van der Waals surface area contributed by atoms with Crippen LogP contribution < -0.4 is 5.32 Å². The molecule has 0 saturated heterocycles. The van der Waals surface area contributed by atoms with E-state index in [2.05, 4.69) is 27.3 Å². The van der Waals surface area contributed by atoms with Crippen molar-refractivity contribution < 1.29 is 9.90 Å². The lowest BCUT2D eigenvalue weighted by atomic mass is 10.1. The Morgan fingerprint density at radius 1 is 1.44 bits per heavy atom. The summed E-state index contributed by atoms with van der Waals surface area (Å²) in [5, 5.41) is 11.7. The number of aliphatic hydroxyl groups excluding tert-OH is 1. The maximum atomic E-state index is 11.5. The maximum Gasteiger partial charge on any atom is 0.220 e. The summed E-state index contributed by atoms with van der Waals surface area (Å²) >= 11 is 3.49. The van der Waals surface area contributed by atoms with Gasteiger partial charge in [-0.25, -0.2) is 0 Å². The molecular weight excluding hydrogens is 294 g/mol. The third-order valence-electron chi connectivity index (χ3n) is 2.77. The van der Waals surface area contributed by atoms with E-state index in [1.807, 2.05) is 25.1 Å². The first-order valence-electron chi connectivity index (χ1n) is 6.24. The monoisotopic (exact) mass is 313 g/mol. The van der Waals surface area contributed by atoms with E-state index in [0.717, 1.165) is 17.3 Å². The van der Waals surface area contributed by atoms with Gasteiger partial charge in [-0.3, -0.25) is 4.79 Å². The van der Waals surface area contributed by atoms with Gasteiger partial charge >= 0.3 is 0 Å². The van der Waals surface area contributed by atoms with Gasteiger partial charge in [-0.15, -0.1) is 0 Å². The molecule has 100 valence electrons. The Morgan fingerprint density at radius 2 is 2.17 bits per heavy atom. The number of hydrogen-bond donors (Lipinski definition) is 2. The number of halogens is 1. The van der Waals surface area contributed by atoms with Gasteiger partial charge in [0.2, 0.25) is 5.91 Å². The summed E-state index contributed by atoms with van der Waals surface area (Å²) in [6.45, 7) is 2.56. The number of carbonyl (C=O) groups is 1. The predicted molar refractivity (Wildman–Crippen MR) is 76.3 cm³/mol. The number of aliphatic hydroxyl groups is 1. The molecule has 0 heterocycles. The van der Waals surface area contributed by atoms with Gasteiger partial charge in [-0.05, 0) is 30.4 Å². The molecular formula is C14H20BrNO2. The lowest BCUT2D eigenvalue weighted by molar-refractivity contribution is -0.121. The summed E-state index contributed by atoms with van der Waals surface area (Å²) in [7, 11) is 0. The van der Waals surface area contributed by atoms with Crippen molar-refractivity contribution >= 4 is 21.8 Å². The molecule has 2 N–H and O–H groups in total. The van der Waals surface area contributed by atoms with Crippen LogP contribution in [-0.2, 0) is 11.2 Å². The van der Waals surface area contributed by atoms with Gasteiger partial charge in [0.05, 0.1) is 0 Å². The number of benzene rings is 1. The predicted octanol–water partition coefficient (Wildman–Crippen LogP) is 2.52. The fraction of sp³-hybridized carbons (Fsp3) is 0.500. The van der Waals surface area contributed by atoms with Gasteiger partial charge in [0.25, 0.3) is 0 Å². The molecule has 0 fully saturated rings. The normalized spacial score (nSPS) is 12.2. The zero-order chi connectivity index (χ0) is 13.4. The Hall–Kier alpha value is -0.870. The van der Waals surface area contributed by atoms with E-state index < -0.39 is 0 Å². The maximum absolute atomic E-state index is 11.5. The summed E-state index contributed by atoms with van der Waals surface area (Å²) < 4.78 is 1.10. The number of rotatable bonds is 7. The van der Waals surface area contributed by atoms with Crippen LogP contribution in [0.25, 0.3) is 0 Å². The summed E-state index contributed by atoms with van der Waals surface area (Å²) in [6, 6.07) is 8.06. The number of amides is 1. The number of nitrogens with one attached hydrogen (secondary N) is 1. The SMILES string of the molecule is CC(CO)CNC(=O)CCCc1ccccc1Br. The van der Waals surface area contributed by atoms with Crippen LogP contribution in [0.3, 0.4) is 0 Å². The molecule has 0 spiro atoms. The summed E-state index contributed by atoms with van der Waals surface area (Å²) in [5.41, 5.74) is 1.23. The van der Waals surface area contributed by atoms with Crippen molar-refractivity contribution in [3.05, 3.63) is 34.3 Å². The minimum Gasteiger partial charge on any atom is -0.396 e. The minimum absolute atomic E-state index is 0.0577. The molecule has 0 radical (unpaired) electrons. The van der Waals surface area contributed by atoms with E-state index in [0.29, 0.717) is 13.0 Å². The van der Waals surface area contributed by atoms with E-state index in [4.69, 9.17) is 5.11 Å². The second-order valence-electron chi connectivity index (χ2n) is 4.54. The number of aryl methyl sites for hydroxylation is 1. The molecule has 1 amide bonds. The highest BCUT2D eigenvalue weighted by Crippen LogP contribution is 2.17. The highest BCUT2D eigenvalue weighted by molar-refractivity contribution is 9.10. The summed E-state index contributed by atoms with van der Waals surface area (Å²) in [4.78, 5) is 11.5. The Morgan fingerprint density at radius 3 is 2.83 bits per heavy atom. The molecule has 3 nitrogen and oxygen atoms in total. The second-order valence-corrected chi connectivity index (χ2v) is 5.39. The molecule has 0 bridgehead atoms. The van der Waals surface area contributed by atoms with Gasteiger partial charge in [-0.1, -0.05) is 41.1 Å². The molecule has 1 rings (SSSR count). The second kappa shape index (κ2) is 8.27. The van der Waals surface area contributed by atoms with Crippen molar-refractivity contribution in [1.82, 2.24) is 5.32 Å². The van der Waals surface area contributed by atoms with Crippen molar-refractivity contribution in [3.8, 4) is 0 Å². The van der Waals surface area contributed by atoms with Crippen LogP contribution in [0.5, 0.6) is 0 Å². The highest BCUT2D eigenvalue weighted by Gasteiger charge is 2.05. The first-order chi connectivity index (χ1) is 8.63. The molecule has 1 aromatic carbocycles. The first kappa shape index (κ1) is 15.2. The van der Waals surface area contributed by atoms with Gasteiger partial charge < -0.3 is 10.4 Å². The average molecular weight is 314 g/mol. The zero-order valence-corrected chi connectivity index (χ0v) is 12.2. The van der Waals surface area contributed by atoms with Crippen LogP contribution in [0.15, 0.2) is 28.7 Å². The molecule has 1 unspecified atom stereocenters. The Bertz CT molecular complexity index is 382. The average Bonchev–Trinajstić information content (AvgIpc) is 2.38. The van der Waals surface area contributed by atoms with Crippen molar-refractivity contribution in [2.45, 2.75) is 26.2 Å². The smallest absolute Gasteiger partial charge is 0.220 e. The third-order valence-corrected chi connectivity index (χ3v) is 3.54. The van der Waals surface area contributed by atoms with E-state index in [1.165, 1.54) is 5.56 Å². The van der Waals surface area contributed by atoms with Crippen molar-refractivity contribution in [2.24, 2.45) is 5.92 Å². The van der Waals surface area contributed by atoms with Crippen molar-refractivity contribution in [1.29, 1.82) is 0 Å². The molecule has 4 heteroatoms. The molecule has 1 aromatic rings. The van der Waals surface area contributed by atoms with E-state index >= 15 is 0 Å². The topological polar surface area (TPSA) is 49.3 Å². The molecule has 0 saturated carbocycles. The van der Waals surface area contributed by atoms with Crippen LogP contribution in [0, 0.1) is 5.92 Å².